The highest BCUT2D eigenvalue weighted by atomic mass is 35.5. The van der Waals surface area contributed by atoms with Crippen molar-refractivity contribution >= 4 is 40.9 Å². The Morgan fingerprint density at radius 3 is 3.00 bits per heavy atom. The van der Waals surface area contributed by atoms with E-state index in [1.165, 1.54) is 0 Å². The van der Waals surface area contributed by atoms with Crippen LogP contribution in [0.4, 0.5) is 5.82 Å². The van der Waals surface area contributed by atoms with Gasteiger partial charge in [-0.05, 0) is 6.92 Å². The topological polar surface area (TPSA) is 43.2 Å². The average molecular weight is 303 g/mol. The van der Waals surface area contributed by atoms with Gasteiger partial charge in [0.15, 0.2) is 0 Å². The Labute approximate surface area is 122 Å². The number of halogens is 2. The summed E-state index contributed by atoms with van der Waals surface area (Å²) in [6, 6.07) is 2.23. The molecule has 1 fully saturated rings. The Kier molecular flexibility index (Phi) is 4.18. The maximum Gasteiger partial charge on any atom is 0.131 e. The lowest BCUT2D eigenvalue weighted by molar-refractivity contribution is 0.0986. The van der Waals surface area contributed by atoms with Gasteiger partial charge in [-0.3, -0.25) is 4.68 Å². The van der Waals surface area contributed by atoms with Crippen molar-refractivity contribution in [2.45, 2.75) is 13.0 Å². The van der Waals surface area contributed by atoms with E-state index in [2.05, 4.69) is 21.9 Å². The molecule has 0 saturated carbocycles. The van der Waals surface area contributed by atoms with E-state index in [0.29, 0.717) is 11.1 Å². The number of hydrogen-bond acceptors (Lipinski definition) is 4. The van der Waals surface area contributed by atoms with E-state index in [1.807, 2.05) is 13.1 Å². The smallest absolute Gasteiger partial charge is 0.131 e. The highest BCUT2D eigenvalue weighted by Gasteiger charge is 2.21. The van der Waals surface area contributed by atoms with Gasteiger partial charge in [-0.15, -0.1) is 12.4 Å². The van der Waals surface area contributed by atoms with E-state index in [0.717, 1.165) is 36.6 Å². The number of aryl methyl sites for hydroxylation is 1. The molecule has 0 spiro atoms. The van der Waals surface area contributed by atoms with Crippen LogP contribution in [-0.4, -0.2) is 40.6 Å². The predicted octanol–water partition coefficient (Wildman–Crippen LogP) is 2.27. The predicted molar refractivity (Wildman–Crippen MR) is 78.4 cm³/mol. The molecule has 2 aromatic heterocycles. The lowest BCUT2D eigenvalue weighted by Gasteiger charge is -2.34. The van der Waals surface area contributed by atoms with Gasteiger partial charge in [0.05, 0.1) is 30.5 Å². The third kappa shape index (κ3) is 2.50. The van der Waals surface area contributed by atoms with Gasteiger partial charge in [0.2, 0.25) is 0 Å². The first-order valence-electron chi connectivity index (χ1n) is 5.99. The van der Waals surface area contributed by atoms with Gasteiger partial charge in [-0.2, -0.15) is 5.10 Å². The number of aromatic nitrogens is 3. The molecular weight excluding hydrogens is 287 g/mol. The summed E-state index contributed by atoms with van der Waals surface area (Å²) in [6.45, 7) is 4.43. The summed E-state index contributed by atoms with van der Waals surface area (Å²) < 4.78 is 7.18. The molecule has 19 heavy (non-hydrogen) atoms. The van der Waals surface area contributed by atoms with E-state index in [4.69, 9.17) is 16.3 Å². The van der Waals surface area contributed by atoms with Crippen LogP contribution in [0.15, 0.2) is 12.3 Å². The van der Waals surface area contributed by atoms with Crippen LogP contribution in [0.5, 0.6) is 0 Å². The van der Waals surface area contributed by atoms with Crippen LogP contribution in [0.2, 0.25) is 5.02 Å². The first kappa shape index (κ1) is 14.4. The summed E-state index contributed by atoms with van der Waals surface area (Å²) in [7, 11) is 1.87. The standard InChI is InChI=1S/C12H15ClN4O.ClH/c1-8-7-18-4-3-17(8)11-5-9(13)12-10(15-11)6-14-16(12)2;/h5-6,8H,3-4,7H2,1-2H3;1H/t8-;/m1./s1. The third-order valence-corrected chi connectivity index (χ3v) is 3.59. The zero-order valence-electron chi connectivity index (χ0n) is 10.8. The van der Waals surface area contributed by atoms with Crippen molar-refractivity contribution in [3.63, 3.8) is 0 Å². The van der Waals surface area contributed by atoms with Gasteiger partial charge in [0, 0.05) is 19.7 Å². The Hall–Kier alpha value is -1.04. The van der Waals surface area contributed by atoms with Crippen LogP contribution in [0.1, 0.15) is 6.92 Å². The van der Waals surface area contributed by atoms with Crippen molar-refractivity contribution in [3.05, 3.63) is 17.3 Å². The van der Waals surface area contributed by atoms with E-state index < -0.39 is 0 Å². The Balaban J connectivity index is 0.00000133. The highest BCUT2D eigenvalue weighted by Crippen LogP contribution is 2.27. The van der Waals surface area contributed by atoms with E-state index >= 15 is 0 Å². The molecule has 3 rings (SSSR count). The minimum atomic E-state index is 0. The molecule has 0 radical (unpaired) electrons. The maximum atomic E-state index is 6.32. The van der Waals surface area contributed by atoms with E-state index in [9.17, 15) is 0 Å². The molecule has 0 N–H and O–H groups in total. The summed E-state index contributed by atoms with van der Waals surface area (Å²) in [5, 5.41) is 4.88. The van der Waals surface area contributed by atoms with Crippen LogP contribution >= 0.6 is 24.0 Å². The number of ether oxygens (including phenoxy) is 1. The second-order valence-electron chi connectivity index (χ2n) is 4.58. The summed E-state index contributed by atoms with van der Waals surface area (Å²) in [6.07, 6.45) is 1.75. The maximum absolute atomic E-state index is 6.32. The zero-order chi connectivity index (χ0) is 12.7. The first-order chi connectivity index (χ1) is 8.66. The molecule has 0 unspecified atom stereocenters. The number of rotatable bonds is 1. The molecule has 7 heteroatoms. The summed E-state index contributed by atoms with van der Waals surface area (Å²) in [5.41, 5.74) is 1.71. The second-order valence-corrected chi connectivity index (χ2v) is 4.99. The molecule has 104 valence electrons. The molecule has 0 aromatic carbocycles. The number of nitrogens with zero attached hydrogens (tertiary/aromatic N) is 4. The van der Waals surface area contributed by atoms with Gasteiger partial charge >= 0.3 is 0 Å². The SMILES string of the molecule is C[C@@H]1COCCN1c1cc(Cl)c2c(cnn2C)n1.Cl. The average Bonchev–Trinajstić information content (AvgIpc) is 2.72. The molecule has 0 bridgehead atoms. The number of pyridine rings is 1. The Morgan fingerprint density at radius 2 is 2.26 bits per heavy atom. The molecule has 1 atom stereocenters. The Morgan fingerprint density at radius 1 is 1.47 bits per heavy atom. The van der Waals surface area contributed by atoms with Crippen molar-refractivity contribution in [2.75, 3.05) is 24.7 Å². The summed E-state index contributed by atoms with van der Waals surface area (Å²) >= 11 is 6.32. The van der Waals surface area contributed by atoms with Crippen LogP contribution in [0.25, 0.3) is 11.0 Å². The fourth-order valence-electron chi connectivity index (χ4n) is 2.34. The van der Waals surface area contributed by atoms with E-state index in [-0.39, 0.29) is 12.4 Å². The van der Waals surface area contributed by atoms with Crippen molar-refractivity contribution in [1.82, 2.24) is 14.8 Å². The molecule has 5 nitrogen and oxygen atoms in total. The normalized spacial score (nSPS) is 19.5. The zero-order valence-corrected chi connectivity index (χ0v) is 12.4. The van der Waals surface area contributed by atoms with Gasteiger partial charge in [0.25, 0.3) is 0 Å². The lowest BCUT2D eigenvalue weighted by Crippen LogP contribution is -2.44. The molecule has 3 heterocycles. The van der Waals surface area contributed by atoms with Gasteiger partial charge in [0.1, 0.15) is 16.9 Å². The molecular formula is C12H16Cl2N4O. The van der Waals surface area contributed by atoms with E-state index in [1.54, 1.807) is 10.9 Å². The Bertz CT molecular complexity index is 586. The molecule has 1 aliphatic heterocycles. The molecule has 0 amide bonds. The van der Waals surface area contributed by atoms with Crippen molar-refractivity contribution in [3.8, 4) is 0 Å². The van der Waals surface area contributed by atoms with Crippen LogP contribution < -0.4 is 4.90 Å². The van der Waals surface area contributed by atoms with Crippen LogP contribution in [-0.2, 0) is 11.8 Å². The molecule has 0 aliphatic carbocycles. The largest absolute Gasteiger partial charge is 0.377 e. The minimum absolute atomic E-state index is 0. The van der Waals surface area contributed by atoms with Gasteiger partial charge < -0.3 is 9.64 Å². The van der Waals surface area contributed by atoms with Crippen LogP contribution in [0.3, 0.4) is 0 Å². The first-order valence-corrected chi connectivity index (χ1v) is 6.37. The number of fused-ring (bicyclic) bond motifs is 1. The molecule has 2 aromatic rings. The number of morpholine rings is 1. The van der Waals surface area contributed by atoms with Crippen molar-refractivity contribution in [1.29, 1.82) is 0 Å². The molecule has 1 aliphatic rings. The fourth-order valence-corrected chi connectivity index (χ4v) is 2.65. The third-order valence-electron chi connectivity index (χ3n) is 3.30. The highest BCUT2D eigenvalue weighted by molar-refractivity contribution is 6.35. The quantitative estimate of drug-likeness (QED) is 0.810. The fraction of sp³-hybridized carbons (Fsp3) is 0.500. The van der Waals surface area contributed by atoms with Gasteiger partial charge in [-0.1, -0.05) is 11.6 Å². The van der Waals surface area contributed by atoms with Crippen molar-refractivity contribution in [2.24, 2.45) is 7.05 Å². The molecule has 1 saturated heterocycles. The second kappa shape index (κ2) is 5.53. The minimum Gasteiger partial charge on any atom is -0.377 e. The lowest BCUT2D eigenvalue weighted by atomic mass is 10.2. The summed E-state index contributed by atoms with van der Waals surface area (Å²) in [5.74, 6) is 0.899. The van der Waals surface area contributed by atoms with Gasteiger partial charge in [-0.25, -0.2) is 4.98 Å². The number of hydrogen-bond donors (Lipinski definition) is 0. The monoisotopic (exact) mass is 302 g/mol. The van der Waals surface area contributed by atoms with Crippen LogP contribution in [0, 0.1) is 0 Å². The summed E-state index contributed by atoms with van der Waals surface area (Å²) in [4.78, 5) is 6.86. The number of anilines is 1. The van der Waals surface area contributed by atoms with Crippen molar-refractivity contribution < 1.29 is 4.74 Å².